The predicted octanol–water partition coefficient (Wildman–Crippen LogP) is 2.18. The quantitative estimate of drug-likeness (QED) is 0.284. The van der Waals surface area contributed by atoms with Gasteiger partial charge in [0.2, 0.25) is 17.7 Å². The van der Waals surface area contributed by atoms with Gasteiger partial charge in [0, 0.05) is 5.56 Å². The van der Waals surface area contributed by atoms with Crippen molar-refractivity contribution >= 4 is 51.1 Å². The van der Waals surface area contributed by atoms with E-state index >= 15 is 0 Å². The number of sulfonamides is 1. The first kappa shape index (κ1) is 26.1. The third kappa shape index (κ3) is 7.00. The fraction of sp³-hybridized carbons (Fsp3) is 0.263. The fourth-order valence-corrected chi connectivity index (χ4v) is 5.42. The van der Waals surface area contributed by atoms with Crippen LogP contribution in [0.15, 0.2) is 39.6 Å². The Morgan fingerprint density at radius 2 is 1.77 bits per heavy atom. The summed E-state index contributed by atoms with van der Waals surface area (Å²) in [5.41, 5.74) is 0.229. The van der Waals surface area contributed by atoms with Gasteiger partial charge in [-0.2, -0.15) is 9.97 Å². The van der Waals surface area contributed by atoms with Crippen LogP contribution in [0.3, 0.4) is 0 Å². The standard InChI is InChI=1S/C19H20N6O7S3/c1-4-32-15(26)10-33-19-24-23-16(34-19)11-7-5-6-8-12(11)35(28,29)25-18(27)22-17-20-13(30-2)9-14(21-17)31-3/h5-9H,4,10H2,1-3H3,(H2,20,21,22,25,27). The van der Waals surface area contributed by atoms with E-state index in [-0.39, 0.29) is 40.5 Å². The van der Waals surface area contributed by atoms with Crippen LogP contribution >= 0.6 is 23.1 Å². The summed E-state index contributed by atoms with van der Waals surface area (Å²) >= 11 is 2.22. The second-order valence-electron chi connectivity index (χ2n) is 6.30. The second kappa shape index (κ2) is 11.8. The number of ether oxygens (including phenoxy) is 3. The molecule has 2 aromatic heterocycles. The number of rotatable bonds is 10. The lowest BCUT2D eigenvalue weighted by Gasteiger charge is -2.11. The molecule has 0 unspecified atom stereocenters. The number of hydrogen-bond donors (Lipinski definition) is 2. The molecule has 0 fully saturated rings. The van der Waals surface area contributed by atoms with E-state index in [0.29, 0.717) is 9.35 Å². The van der Waals surface area contributed by atoms with Gasteiger partial charge in [-0.25, -0.2) is 17.9 Å². The number of carbonyl (C=O) groups excluding carboxylic acids is 2. The molecule has 0 saturated heterocycles. The molecule has 16 heteroatoms. The number of nitrogens with zero attached hydrogens (tertiary/aromatic N) is 4. The molecule has 186 valence electrons. The Bertz CT molecular complexity index is 1290. The summed E-state index contributed by atoms with van der Waals surface area (Å²) < 4.78 is 43.2. The summed E-state index contributed by atoms with van der Waals surface area (Å²) in [6.45, 7) is 1.97. The Kier molecular flexibility index (Phi) is 8.78. The Balaban J connectivity index is 1.77. The van der Waals surface area contributed by atoms with E-state index in [1.54, 1.807) is 13.0 Å². The van der Waals surface area contributed by atoms with E-state index < -0.39 is 22.0 Å². The highest BCUT2D eigenvalue weighted by atomic mass is 32.2. The molecule has 3 rings (SSSR count). The van der Waals surface area contributed by atoms with Crippen LogP contribution in [-0.4, -0.2) is 67.2 Å². The first-order chi connectivity index (χ1) is 16.7. The molecule has 2 amide bonds. The number of aromatic nitrogens is 4. The Morgan fingerprint density at radius 1 is 1.09 bits per heavy atom. The van der Waals surface area contributed by atoms with Crippen LogP contribution in [0.2, 0.25) is 0 Å². The van der Waals surface area contributed by atoms with Crippen molar-refractivity contribution in [1.82, 2.24) is 24.9 Å². The molecule has 0 aliphatic rings. The zero-order valence-corrected chi connectivity index (χ0v) is 21.1. The van der Waals surface area contributed by atoms with Crippen LogP contribution in [0.1, 0.15) is 6.92 Å². The number of nitrogens with one attached hydrogen (secondary N) is 2. The second-order valence-corrected chi connectivity index (χ2v) is 10.1. The number of carbonyl (C=O) groups is 2. The van der Waals surface area contributed by atoms with E-state index in [2.05, 4.69) is 25.5 Å². The lowest BCUT2D eigenvalue weighted by atomic mass is 10.2. The van der Waals surface area contributed by atoms with Crippen molar-refractivity contribution in [3.05, 3.63) is 30.3 Å². The minimum atomic E-state index is -4.34. The summed E-state index contributed by atoms with van der Waals surface area (Å²) in [6, 6.07) is 6.27. The predicted molar refractivity (Wildman–Crippen MR) is 127 cm³/mol. The molecule has 0 bridgehead atoms. The summed E-state index contributed by atoms with van der Waals surface area (Å²) in [5.74, 6) is -0.373. The number of benzene rings is 1. The molecule has 2 N–H and O–H groups in total. The van der Waals surface area contributed by atoms with Crippen molar-refractivity contribution in [2.75, 3.05) is 31.9 Å². The number of esters is 1. The Morgan fingerprint density at radius 3 is 2.43 bits per heavy atom. The van der Waals surface area contributed by atoms with E-state index in [9.17, 15) is 18.0 Å². The summed E-state index contributed by atoms with van der Waals surface area (Å²) in [4.78, 5) is 31.6. The van der Waals surface area contributed by atoms with Crippen LogP contribution in [0.4, 0.5) is 10.7 Å². The summed E-state index contributed by atoms with van der Waals surface area (Å²) in [7, 11) is -1.61. The molecule has 0 aliphatic carbocycles. The van der Waals surface area contributed by atoms with E-state index in [4.69, 9.17) is 14.2 Å². The Hall–Kier alpha value is -3.50. The first-order valence-corrected chi connectivity index (χ1v) is 13.1. The number of amides is 2. The average molecular weight is 541 g/mol. The molecule has 0 saturated carbocycles. The molecule has 13 nitrogen and oxygen atoms in total. The van der Waals surface area contributed by atoms with Crippen LogP contribution in [-0.2, 0) is 19.6 Å². The fourth-order valence-electron chi connectivity index (χ4n) is 2.55. The van der Waals surface area contributed by atoms with Gasteiger partial charge in [0.25, 0.3) is 10.0 Å². The maximum Gasteiger partial charge on any atom is 0.335 e. The zero-order chi connectivity index (χ0) is 25.4. The molecule has 3 aromatic rings. The van der Waals surface area contributed by atoms with Gasteiger partial charge in [-0.1, -0.05) is 41.3 Å². The molecule has 35 heavy (non-hydrogen) atoms. The van der Waals surface area contributed by atoms with Gasteiger partial charge in [0.05, 0.1) is 37.5 Å². The first-order valence-electron chi connectivity index (χ1n) is 9.78. The number of thioether (sulfide) groups is 1. The minimum Gasteiger partial charge on any atom is -0.481 e. The van der Waals surface area contributed by atoms with Crippen LogP contribution in [0, 0.1) is 0 Å². The van der Waals surface area contributed by atoms with Gasteiger partial charge < -0.3 is 14.2 Å². The number of hydrogen-bond acceptors (Lipinski definition) is 13. The summed E-state index contributed by atoms with van der Waals surface area (Å²) in [6.07, 6.45) is 0. The van der Waals surface area contributed by atoms with Gasteiger partial charge in [-0.3, -0.25) is 10.1 Å². The molecule has 0 spiro atoms. The average Bonchev–Trinajstić information content (AvgIpc) is 3.31. The molecule has 1 aromatic carbocycles. The number of anilines is 1. The molecule has 0 atom stereocenters. The van der Waals surface area contributed by atoms with Crippen LogP contribution in [0.5, 0.6) is 11.8 Å². The molecule has 2 heterocycles. The van der Waals surface area contributed by atoms with E-state index in [1.807, 2.05) is 4.72 Å². The molecular formula is C19H20N6O7S3. The van der Waals surface area contributed by atoms with Crippen molar-refractivity contribution < 1.29 is 32.2 Å². The normalized spacial score (nSPS) is 10.9. The highest BCUT2D eigenvalue weighted by molar-refractivity contribution is 8.01. The van der Waals surface area contributed by atoms with Gasteiger partial charge in [-0.05, 0) is 13.0 Å². The lowest BCUT2D eigenvalue weighted by Crippen LogP contribution is -2.35. The van der Waals surface area contributed by atoms with E-state index in [1.165, 1.54) is 38.5 Å². The lowest BCUT2D eigenvalue weighted by molar-refractivity contribution is -0.139. The molecule has 0 radical (unpaired) electrons. The minimum absolute atomic E-state index is 0.0429. The highest BCUT2D eigenvalue weighted by Crippen LogP contribution is 2.33. The summed E-state index contributed by atoms with van der Waals surface area (Å²) in [5, 5.41) is 10.5. The van der Waals surface area contributed by atoms with Gasteiger partial charge >= 0.3 is 12.0 Å². The van der Waals surface area contributed by atoms with Crippen molar-refractivity contribution in [2.45, 2.75) is 16.2 Å². The Labute approximate surface area is 208 Å². The zero-order valence-electron chi connectivity index (χ0n) is 18.7. The van der Waals surface area contributed by atoms with Crippen molar-refractivity contribution in [2.24, 2.45) is 0 Å². The highest BCUT2D eigenvalue weighted by Gasteiger charge is 2.24. The monoisotopic (exact) mass is 540 g/mol. The van der Waals surface area contributed by atoms with Crippen molar-refractivity contribution in [3.8, 4) is 22.3 Å². The van der Waals surface area contributed by atoms with Crippen LogP contribution in [0.25, 0.3) is 10.6 Å². The van der Waals surface area contributed by atoms with Crippen molar-refractivity contribution in [3.63, 3.8) is 0 Å². The maximum absolute atomic E-state index is 13.0. The molecular weight excluding hydrogens is 520 g/mol. The van der Waals surface area contributed by atoms with Gasteiger partial charge in [0.1, 0.15) is 5.01 Å². The third-order valence-corrected chi connectivity index (χ3v) is 7.43. The topological polar surface area (TPSA) is 172 Å². The van der Waals surface area contributed by atoms with E-state index in [0.717, 1.165) is 23.1 Å². The van der Waals surface area contributed by atoms with Crippen LogP contribution < -0.4 is 19.5 Å². The SMILES string of the molecule is CCOC(=O)CSc1nnc(-c2ccccc2S(=O)(=O)NC(=O)Nc2nc(OC)cc(OC)n2)s1. The van der Waals surface area contributed by atoms with Gasteiger partial charge in [0.15, 0.2) is 4.34 Å². The number of methoxy groups -OCH3 is 2. The third-order valence-electron chi connectivity index (χ3n) is 3.98. The van der Waals surface area contributed by atoms with Crippen molar-refractivity contribution in [1.29, 1.82) is 0 Å². The number of urea groups is 1. The maximum atomic E-state index is 13.0. The smallest absolute Gasteiger partial charge is 0.335 e. The van der Waals surface area contributed by atoms with Gasteiger partial charge in [-0.15, -0.1) is 10.2 Å². The molecule has 0 aliphatic heterocycles. The largest absolute Gasteiger partial charge is 0.481 e.